The van der Waals surface area contributed by atoms with E-state index in [2.05, 4.69) is 38.4 Å². The molecule has 1 N–H and O–H groups in total. The van der Waals surface area contributed by atoms with Crippen LogP contribution in [0.1, 0.15) is 30.4 Å². The van der Waals surface area contributed by atoms with Gasteiger partial charge in [-0.15, -0.1) is 0 Å². The Hall–Kier alpha value is -1.18. The third kappa shape index (κ3) is 2.45. The highest BCUT2D eigenvalue weighted by Gasteiger charge is 2.30. The van der Waals surface area contributed by atoms with Crippen molar-refractivity contribution < 1.29 is 0 Å². The second-order valence-corrected chi connectivity index (χ2v) is 6.02. The molecule has 98 valence electrons. The largest absolute Gasteiger partial charge is 0.316 e. The molecule has 0 aromatic carbocycles. The first-order valence-corrected chi connectivity index (χ1v) is 7.55. The van der Waals surface area contributed by atoms with Gasteiger partial charge in [0, 0.05) is 12.7 Å². The van der Waals surface area contributed by atoms with E-state index in [-0.39, 0.29) is 0 Å². The third-order valence-electron chi connectivity index (χ3n) is 4.22. The van der Waals surface area contributed by atoms with Crippen LogP contribution < -0.4 is 5.32 Å². The summed E-state index contributed by atoms with van der Waals surface area (Å²) in [5, 5.41) is 12.6. The van der Waals surface area contributed by atoms with Crippen LogP contribution in [0.2, 0.25) is 0 Å². The van der Waals surface area contributed by atoms with Gasteiger partial charge in [0.05, 0.1) is 5.56 Å². The number of nitrogens with one attached hydrogen (secondary N) is 1. The fourth-order valence-electron chi connectivity index (χ4n) is 3.24. The Balaban J connectivity index is 1.96. The maximum Gasteiger partial charge on any atom is 0.123 e. The van der Waals surface area contributed by atoms with Crippen molar-refractivity contribution in [2.75, 3.05) is 13.1 Å². The monoisotopic (exact) mass is 317 g/mol. The Morgan fingerprint density at radius 3 is 3.16 bits per heavy atom. The van der Waals surface area contributed by atoms with Gasteiger partial charge >= 0.3 is 0 Å². The fourth-order valence-corrected chi connectivity index (χ4v) is 3.55. The molecular formula is C15H16BrN3. The van der Waals surface area contributed by atoms with Crippen molar-refractivity contribution in [2.24, 2.45) is 11.8 Å². The molecule has 3 rings (SSSR count). The highest BCUT2D eigenvalue weighted by atomic mass is 79.9. The summed E-state index contributed by atoms with van der Waals surface area (Å²) in [6.07, 6.45) is 7.92. The molecule has 1 aromatic heterocycles. The molecule has 0 spiro atoms. The van der Waals surface area contributed by atoms with E-state index in [1.807, 2.05) is 12.3 Å². The smallest absolute Gasteiger partial charge is 0.123 e. The van der Waals surface area contributed by atoms with Gasteiger partial charge in [-0.1, -0.05) is 6.08 Å². The van der Waals surface area contributed by atoms with E-state index in [1.54, 1.807) is 0 Å². The molecule has 0 amide bonds. The lowest BCUT2D eigenvalue weighted by molar-refractivity contribution is 0.285. The number of halogens is 1. The zero-order chi connectivity index (χ0) is 13.2. The maximum absolute atomic E-state index is 9.12. The number of rotatable bonds is 1. The fraction of sp³-hybridized carbons (Fsp3) is 0.467. The van der Waals surface area contributed by atoms with Crippen LogP contribution in [0.25, 0.3) is 5.57 Å². The van der Waals surface area contributed by atoms with Crippen LogP contribution in [-0.4, -0.2) is 18.1 Å². The van der Waals surface area contributed by atoms with Crippen LogP contribution in [0.4, 0.5) is 0 Å². The molecule has 1 aliphatic heterocycles. The van der Waals surface area contributed by atoms with E-state index >= 15 is 0 Å². The summed E-state index contributed by atoms with van der Waals surface area (Å²) >= 11 is 3.32. The number of piperidine rings is 1. The molecule has 0 bridgehead atoms. The molecule has 2 atom stereocenters. The Morgan fingerprint density at radius 1 is 1.42 bits per heavy atom. The Kier molecular flexibility index (Phi) is 3.67. The molecule has 2 aliphatic rings. The third-order valence-corrected chi connectivity index (χ3v) is 4.85. The van der Waals surface area contributed by atoms with Gasteiger partial charge in [0.25, 0.3) is 0 Å². The predicted octanol–water partition coefficient (Wildman–Crippen LogP) is 3.12. The molecule has 1 aromatic rings. The zero-order valence-electron chi connectivity index (χ0n) is 10.7. The first-order valence-electron chi connectivity index (χ1n) is 6.76. The lowest BCUT2D eigenvalue weighted by Gasteiger charge is -2.37. The second kappa shape index (κ2) is 5.44. The molecule has 1 fully saturated rings. The van der Waals surface area contributed by atoms with Gasteiger partial charge in [0.15, 0.2) is 0 Å². The molecule has 4 heteroatoms. The summed E-state index contributed by atoms with van der Waals surface area (Å²) < 4.78 is 0.633. The number of hydrogen-bond donors (Lipinski definition) is 1. The van der Waals surface area contributed by atoms with Crippen molar-refractivity contribution in [3.05, 3.63) is 34.1 Å². The zero-order valence-corrected chi connectivity index (χ0v) is 12.3. The number of allylic oxidation sites excluding steroid dienone is 1. The van der Waals surface area contributed by atoms with Crippen LogP contribution in [-0.2, 0) is 0 Å². The number of aromatic nitrogens is 1. The summed E-state index contributed by atoms with van der Waals surface area (Å²) in [5.41, 5.74) is 3.10. The van der Waals surface area contributed by atoms with Crippen molar-refractivity contribution >= 4 is 21.5 Å². The van der Waals surface area contributed by atoms with Gasteiger partial charge in [0.2, 0.25) is 0 Å². The summed E-state index contributed by atoms with van der Waals surface area (Å²) in [7, 11) is 0. The van der Waals surface area contributed by atoms with E-state index in [9.17, 15) is 0 Å². The standard InChI is InChI=1S/C15H16BrN3/c16-15-11(7-17)6-12(8-19-15)13-3-1-2-10-4-5-18-9-14(10)13/h3,6,8,10,14,18H,1-2,4-5,9H2/t10-,14+/m0/s1. The van der Waals surface area contributed by atoms with Gasteiger partial charge in [-0.2, -0.15) is 5.26 Å². The minimum absolute atomic E-state index is 0.581. The predicted molar refractivity (Wildman–Crippen MR) is 78.3 cm³/mol. The molecular weight excluding hydrogens is 302 g/mol. The highest BCUT2D eigenvalue weighted by molar-refractivity contribution is 9.10. The topological polar surface area (TPSA) is 48.7 Å². The average molecular weight is 318 g/mol. The highest BCUT2D eigenvalue weighted by Crippen LogP contribution is 2.39. The van der Waals surface area contributed by atoms with E-state index in [0.717, 1.165) is 31.0 Å². The van der Waals surface area contributed by atoms with E-state index in [0.29, 0.717) is 16.1 Å². The number of hydrogen-bond acceptors (Lipinski definition) is 3. The number of nitrogens with zero attached hydrogens (tertiary/aromatic N) is 2. The van der Waals surface area contributed by atoms with Crippen LogP contribution in [0, 0.1) is 23.2 Å². The van der Waals surface area contributed by atoms with E-state index in [4.69, 9.17) is 5.26 Å². The van der Waals surface area contributed by atoms with Crippen LogP contribution in [0.15, 0.2) is 22.9 Å². The van der Waals surface area contributed by atoms with Crippen LogP contribution in [0.5, 0.6) is 0 Å². The number of nitriles is 1. The summed E-state index contributed by atoms with van der Waals surface area (Å²) in [4.78, 5) is 4.30. The summed E-state index contributed by atoms with van der Waals surface area (Å²) in [5.74, 6) is 1.37. The lowest BCUT2D eigenvalue weighted by Crippen LogP contribution is -2.38. The van der Waals surface area contributed by atoms with Crippen LogP contribution >= 0.6 is 15.9 Å². The number of fused-ring (bicyclic) bond motifs is 1. The van der Waals surface area contributed by atoms with E-state index in [1.165, 1.54) is 18.4 Å². The molecule has 1 aliphatic carbocycles. The minimum atomic E-state index is 0.581. The molecule has 0 unspecified atom stereocenters. The Labute approximate surface area is 121 Å². The molecule has 2 heterocycles. The Morgan fingerprint density at radius 2 is 2.32 bits per heavy atom. The first kappa shape index (κ1) is 12.8. The average Bonchev–Trinajstić information content (AvgIpc) is 2.47. The lowest BCUT2D eigenvalue weighted by atomic mass is 9.73. The molecule has 19 heavy (non-hydrogen) atoms. The minimum Gasteiger partial charge on any atom is -0.316 e. The summed E-state index contributed by atoms with van der Waals surface area (Å²) in [6, 6.07) is 4.15. The Bertz CT molecular complexity index is 559. The normalized spacial score (nSPS) is 26.2. The molecule has 0 radical (unpaired) electrons. The maximum atomic E-state index is 9.12. The molecule has 1 saturated heterocycles. The SMILES string of the molecule is N#Cc1cc(C2=CCC[C@H]3CCNC[C@@H]23)cnc1Br. The first-order chi connectivity index (χ1) is 9.29. The van der Waals surface area contributed by atoms with Crippen molar-refractivity contribution in [1.29, 1.82) is 5.26 Å². The van der Waals surface area contributed by atoms with Gasteiger partial charge in [0.1, 0.15) is 10.7 Å². The van der Waals surface area contributed by atoms with E-state index < -0.39 is 0 Å². The van der Waals surface area contributed by atoms with Crippen molar-refractivity contribution in [3.63, 3.8) is 0 Å². The number of pyridine rings is 1. The van der Waals surface area contributed by atoms with Gasteiger partial charge in [-0.05, 0) is 70.8 Å². The quantitative estimate of drug-likeness (QED) is 0.810. The van der Waals surface area contributed by atoms with Crippen molar-refractivity contribution in [1.82, 2.24) is 10.3 Å². The van der Waals surface area contributed by atoms with Crippen molar-refractivity contribution in [2.45, 2.75) is 19.3 Å². The molecule has 0 saturated carbocycles. The van der Waals surface area contributed by atoms with Gasteiger partial charge < -0.3 is 5.32 Å². The van der Waals surface area contributed by atoms with Crippen molar-refractivity contribution in [3.8, 4) is 6.07 Å². The van der Waals surface area contributed by atoms with Gasteiger partial charge in [-0.3, -0.25) is 0 Å². The van der Waals surface area contributed by atoms with Gasteiger partial charge in [-0.25, -0.2) is 4.98 Å². The van der Waals surface area contributed by atoms with Crippen LogP contribution in [0.3, 0.4) is 0 Å². The second-order valence-electron chi connectivity index (χ2n) is 5.27. The molecule has 3 nitrogen and oxygen atoms in total. The summed E-state index contributed by atoms with van der Waals surface area (Å²) in [6.45, 7) is 2.19.